The number of ketones is 1. The van der Waals surface area contributed by atoms with Gasteiger partial charge in [-0.3, -0.25) is 9.78 Å². The molecule has 0 unspecified atom stereocenters. The van der Waals surface area contributed by atoms with E-state index in [9.17, 15) is 4.79 Å². The Hall–Kier alpha value is -1.38. The van der Waals surface area contributed by atoms with E-state index < -0.39 is 0 Å². The summed E-state index contributed by atoms with van der Waals surface area (Å²) in [7, 11) is 0. The third kappa shape index (κ3) is 3.65. The number of pyridine rings is 1. The lowest BCUT2D eigenvalue weighted by molar-refractivity contribution is 0.0968. The Kier molecular flexibility index (Phi) is 4.47. The second-order valence-corrected chi connectivity index (χ2v) is 4.74. The molecule has 3 nitrogen and oxygen atoms in total. The molecule has 0 aliphatic heterocycles. The number of anilines is 1. The first-order valence-electron chi connectivity index (χ1n) is 5.74. The fraction of sp³-hybridized carbons (Fsp3) is 0.538. The number of carbonyl (C=O) groups is 1. The van der Waals surface area contributed by atoms with Gasteiger partial charge < -0.3 is 5.32 Å². The van der Waals surface area contributed by atoms with Crippen molar-refractivity contribution in [2.24, 2.45) is 5.92 Å². The number of Topliss-reactive ketones (excluding diaryl/α,β-unsaturated/α-hetero) is 1. The molecule has 0 bridgehead atoms. The van der Waals surface area contributed by atoms with Gasteiger partial charge in [0.05, 0.1) is 5.56 Å². The average Bonchev–Trinajstić information content (AvgIpc) is 2.16. The second kappa shape index (κ2) is 5.64. The molecule has 0 atom stereocenters. The van der Waals surface area contributed by atoms with Gasteiger partial charge in [0.25, 0.3) is 0 Å². The Balaban J connectivity index is 2.89. The van der Waals surface area contributed by atoms with Crippen LogP contribution in [0.25, 0.3) is 0 Å². The molecule has 3 heteroatoms. The lowest BCUT2D eigenvalue weighted by Gasteiger charge is -2.14. The smallest absolute Gasteiger partial charge is 0.166 e. The van der Waals surface area contributed by atoms with Crippen LogP contribution in [0.2, 0.25) is 0 Å². The van der Waals surface area contributed by atoms with Gasteiger partial charge >= 0.3 is 0 Å². The third-order valence-corrected chi connectivity index (χ3v) is 2.16. The Morgan fingerprint density at radius 2 is 2.06 bits per heavy atom. The summed E-state index contributed by atoms with van der Waals surface area (Å²) < 4.78 is 0. The van der Waals surface area contributed by atoms with Crippen LogP contribution in [0.4, 0.5) is 5.69 Å². The highest BCUT2D eigenvalue weighted by Crippen LogP contribution is 2.18. The summed E-state index contributed by atoms with van der Waals surface area (Å²) in [6.45, 7) is 8.20. The minimum Gasteiger partial charge on any atom is -0.382 e. The predicted molar refractivity (Wildman–Crippen MR) is 66.8 cm³/mol. The van der Waals surface area contributed by atoms with Gasteiger partial charge in [-0.1, -0.05) is 13.8 Å². The molecule has 1 heterocycles. The Labute approximate surface area is 97.3 Å². The number of aromatic nitrogens is 1. The molecule has 1 rings (SSSR count). The van der Waals surface area contributed by atoms with Crippen LogP contribution in [0.15, 0.2) is 18.5 Å². The lowest BCUT2D eigenvalue weighted by Crippen LogP contribution is -2.14. The fourth-order valence-electron chi connectivity index (χ4n) is 1.53. The molecule has 0 saturated heterocycles. The zero-order valence-corrected chi connectivity index (χ0v) is 10.4. The minimum atomic E-state index is 0.159. The minimum absolute atomic E-state index is 0.159. The molecule has 1 aromatic heterocycles. The van der Waals surface area contributed by atoms with Gasteiger partial charge in [0.2, 0.25) is 0 Å². The van der Waals surface area contributed by atoms with E-state index >= 15 is 0 Å². The monoisotopic (exact) mass is 220 g/mol. The first kappa shape index (κ1) is 12.7. The molecule has 1 N–H and O–H groups in total. The Morgan fingerprint density at radius 1 is 1.38 bits per heavy atom. The van der Waals surface area contributed by atoms with Crippen molar-refractivity contribution in [2.75, 3.05) is 5.32 Å². The van der Waals surface area contributed by atoms with E-state index in [0.717, 1.165) is 5.69 Å². The average molecular weight is 220 g/mol. The number of hydrogen-bond donors (Lipinski definition) is 1. The molecule has 0 aliphatic carbocycles. The zero-order chi connectivity index (χ0) is 12.1. The first-order valence-corrected chi connectivity index (χ1v) is 5.74. The largest absolute Gasteiger partial charge is 0.382 e. The SMILES string of the molecule is CC(C)CC(=O)c1cnccc1NC(C)C. The lowest BCUT2D eigenvalue weighted by atomic mass is 10.0. The van der Waals surface area contributed by atoms with Gasteiger partial charge in [0.15, 0.2) is 5.78 Å². The van der Waals surface area contributed by atoms with Gasteiger partial charge in [-0.25, -0.2) is 0 Å². The molecule has 1 aromatic rings. The van der Waals surface area contributed by atoms with Crippen molar-refractivity contribution in [1.82, 2.24) is 4.98 Å². The summed E-state index contributed by atoms with van der Waals surface area (Å²) in [5.41, 5.74) is 1.58. The van der Waals surface area contributed by atoms with E-state index in [-0.39, 0.29) is 5.78 Å². The topological polar surface area (TPSA) is 42.0 Å². The molecule has 0 fully saturated rings. The number of hydrogen-bond acceptors (Lipinski definition) is 3. The van der Waals surface area contributed by atoms with Crippen molar-refractivity contribution in [3.8, 4) is 0 Å². The Bertz CT molecular complexity index is 359. The summed E-state index contributed by atoms with van der Waals surface area (Å²) in [6.07, 6.45) is 3.92. The van der Waals surface area contributed by atoms with Crippen LogP contribution in [-0.4, -0.2) is 16.8 Å². The molecule has 16 heavy (non-hydrogen) atoms. The molecule has 0 saturated carbocycles. The van der Waals surface area contributed by atoms with E-state index in [4.69, 9.17) is 0 Å². The van der Waals surface area contributed by atoms with Crippen molar-refractivity contribution in [3.05, 3.63) is 24.0 Å². The third-order valence-electron chi connectivity index (χ3n) is 2.16. The highest BCUT2D eigenvalue weighted by molar-refractivity contribution is 6.00. The number of nitrogens with zero attached hydrogens (tertiary/aromatic N) is 1. The van der Waals surface area contributed by atoms with Gasteiger partial charge in [0.1, 0.15) is 0 Å². The second-order valence-electron chi connectivity index (χ2n) is 4.74. The normalized spacial score (nSPS) is 10.9. The maximum atomic E-state index is 12.0. The maximum absolute atomic E-state index is 12.0. The standard InChI is InChI=1S/C13H20N2O/c1-9(2)7-13(16)11-8-14-6-5-12(11)15-10(3)4/h5-6,8-10H,7H2,1-4H3,(H,14,15). The van der Waals surface area contributed by atoms with Crippen LogP contribution in [0.1, 0.15) is 44.5 Å². The fourth-order valence-corrected chi connectivity index (χ4v) is 1.53. The zero-order valence-electron chi connectivity index (χ0n) is 10.4. The Morgan fingerprint density at radius 3 is 2.62 bits per heavy atom. The molecule has 0 radical (unpaired) electrons. The quantitative estimate of drug-likeness (QED) is 0.775. The van der Waals surface area contributed by atoms with Crippen molar-refractivity contribution >= 4 is 11.5 Å². The maximum Gasteiger partial charge on any atom is 0.166 e. The molecule has 0 amide bonds. The predicted octanol–water partition coefficient (Wildman–Crippen LogP) is 3.13. The van der Waals surface area contributed by atoms with E-state index in [1.165, 1.54) is 0 Å². The highest BCUT2D eigenvalue weighted by atomic mass is 16.1. The van der Waals surface area contributed by atoms with Gasteiger partial charge in [-0.2, -0.15) is 0 Å². The number of carbonyl (C=O) groups excluding carboxylic acids is 1. The van der Waals surface area contributed by atoms with Crippen LogP contribution in [0, 0.1) is 5.92 Å². The van der Waals surface area contributed by atoms with Crippen LogP contribution < -0.4 is 5.32 Å². The van der Waals surface area contributed by atoms with Crippen LogP contribution in [-0.2, 0) is 0 Å². The first-order chi connectivity index (χ1) is 7.50. The number of nitrogens with one attached hydrogen (secondary N) is 1. The molecule has 88 valence electrons. The van der Waals surface area contributed by atoms with Crippen LogP contribution >= 0.6 is 0 Å². The van der Waals surface area contributed by atoms with Crippen molar-refractivity contribution in [1.29, 1.82) is 0 Å². The summed E-state index contributed by atoms with van der Waals surface area (Å²) in [5.74, 6) is 0.533. The van der Waals surface area contributed by atoms with Crippen LogP contribution in [0.3, 0.4) is 0 Å². The van der Waals surface area contributed by atoms with E-state index in [0.29, 0.717) is 23.9 Å². The molecule has 0 aromatic carbocycles. The summed E-state index contributed by atoms with van der Waals surface area (Å²) in [5, 5.41) is 3.27. The van der Waals surface area contributed by atoms with Gasteiger partial charge in [-0.05, 0) is 25.8 Å². The molecular weight excluding hydrogens is 200 g/mol. The summed E-state index contributed by atoms with van der Waals surface area (Å²) in [4.78, 5) is 16.0. The van der Waals surface area contributed by atoms with E-state index in [1.54, 1.807) is 12.4 Å². The molecule has 0 aliphatic rings. The van der Waals surface area contributed by atoms with E-state index in [2.05, 4.69) is 24.1 Å². The number of rotatable bonds is 5. The van der Waals surface area contributed by atoms with Crippen molar-refractivity contribution in [2.45, 2.75) is 40.2 Å². The highest BCUT2D eigenvalue weighted by Gasteiger charge is 2.13. The van der Waals surface area contributed by atoms with Gasteiger partial charge in [-0.15, -0.1) is 0 Å². The van der Waals surface area contributed by atoms with Gasteiger partial charge in [0, 0.05) is 30.5 Å². The molecular formula is C13H20N2O. The summed E-state index contributed by atoms with van der Waals surface area (Å²) in [6, 6.07) is 2.17. The van der Waals surface area contributed by atoms with E-state index in [1.807, 2.05) is 19.9 Å². The van der Waals surface area contributed by atoms with Crippen molar-refractivity contribution < 1.29 is 4.79 Å². The summed E-state index contributed by atoms with van der Waals surface area (Å²) >= 11 is 0. The molecule has 0 spiro atoms. The van der Waals surface area contributed by atoms with Crippen molar-refractivity contribution in [3.63, 3.8) is 0 Å². The van der Waals surface area contributed by atoms with Crippen LogP contribution in [0.5, 0.6) is 0 Å².